The van der Waals surface area contributed by atoms with Gasteiger partial charge in [-0.15, -0.1) is 0 Å². The number of benzene rings is 2. The smallest absolute Gasteiger partial charge is 0.346 e. The summed E-state index contributed by atoms with van der Waals surface area (Å²) >= 11 is 0. The molecule has 3 atom stereocenters. The molecule has 0 bridgehead atoms. The summed E-state index contributed by atoms with van der Waals surface area (Å²) in [4.78, 5) is 11.7. The molecular weight excluding hydrogens is 381 g/mol. The normalized spacial score (nSPS) is 14.3. The first kappa shape index (κ1) is 22.8. The molecule has 0 spiro atoms. The number of hydrogen-bond acceptors (Lipinski definition) is 3. The first-order chi connectivity index (χ1) is 13.8. The van der Waals surface area contributed by atoms with Crippen molar-refractivity contribution in [3.8, 4) is 22.6 Å². The first-order valence-corrected chi connectivity index (χ1v) is 9.79. The van der Waals surface area contributed by atoms with E-state index in [0.29, 0.717) is 12.2 Å². The maximum Gasteiger partial charge on any atom is 0.346 e. The minimum absolute atomic E-state index is 0.179. The molecular formula is C23H27F3O3. The summed E-state index contributed by atoms with van der Waals surface area (Å²) in [5, 5.41) is 0. The summed E-state index contributed by atoms with van der Waals surface area (Å²) in [6.07, 6.45) is -4.07. The lowest BCUT2D eigenvalue weighted by Crippen LogP contribution is -2.26. The van der Waals surface area contributed by atoms with Crippen molar-refractivity contribution in [1.82, 2.24) is 0 Å². The van der Waals surface area contributed by atoms with Crippen LogP contribution in [0.5, 0.6) is 11.5 Å². The molecule has 6 heteroatoms. The van der Waals surface area contributed by atoms with Gasteiger partial charge in [-0.25, -0.2) is 18.0 Å². The summed E-state index contributed by atoms with van der Waals surface area (Å²) < 4.78 is 51.2. The molecule has 2 rings (SSSR count). The zero-order valence-corrected chi connectivity index (χ0v) is 16.9. The van der Waals surface area contributed by atoms with E-state index < -0.39 is 30.4 Å². The number of carbonyl (C=O) groups is 1. The Morgan fingerprint density at radius 2 is 1.38 bits per heavy atom. The zero-order chi connectivity index (χ0) is 21.4. The van der Waals surface area contributed by atoms with Crippen molar-refractivity contribution in [3.63, 3.8) is 0 Å². The number of carbonyl (C=O) groups excluding carboxylic acids is 1. The van der Waals surface area contributed by atoms with Crippen LogP contribution >= 0.6 is 0 Å². The van der Waals surface area contributed by atoms with Gasteiger partial charge in [0.05, 0.1) is 0 Å². The summed E-state index contributed by atoms with van der Waals surface area (Å²) in [6, 6.07) is 13.6. The lowest BCUT2D eigenvalue weighted by molar-refractivity contribution is -0.141. The van der Waals surface area contributed by atoms with Gasteiger partial charge >= 0.3 is 5.97 Å². The monoisotopic (exact) mass is 408 g/mol. The van der Waals surface area contributed by atoms with E-state index in [2.05, 4.69) is 0 Å². The van der Waals surface area contributed by atoms with E-state index in [1.165, 1.54) is 0 Å². The number of halogens is 3. The molecule has 0 N–H and O–H groups in total. The maximum absolute atomic E-state index is 13.7. The molecule has 0 amide bonds. The van der Waals surface area contributed by atoms with Crippen LogP contribution in [0, 0.1) is 5.92 Å². The first-order valence-electron chi connectivity index (χ1n) is 9.79. The number of rotatable bonds is 10. The van der Waals surface area contributed by atoms with Crippen LogP contribution in [0.25, 0.3) is 11.1 Å². The predicted molar refractivity (Wildman–Crippen MR) is 107 cm³/mol. The summed E-state index contributed by atoms with van der Waals surface area (Å²) in [6.45, 7) is 4.69. The molecule has 0 saturated carbocycles. The van der Waals surface area contributed by atoms with Crippen LogP contribution in [0.2, 0.25) is 0 Å². The molecule has 0 aliphatic carbocycles. The molecule has 0 heterocycles. The van der Waals surface area contributed by atoms with Crippen LogP contribution in [0.1, 0.15) is 33.6 Å². The van der Waals surface area contributed by atoms with Gasteiger partial charge in [0.2, 0.25) is 0 Å². The Hall–Kier alpha value is -2.50. The highest BCUT2D eigenvalue weighted by Gasteiger charge is 2.23. The molecule has 158 valence electrons. The van der Waals surface area contributed by atoms with Crippen molar-refractivity contribution < 1.29 is 27.4 Å². The Bertz CT molecular complexity index is 760. The minimum atomic E-state index is -1.67. The molecule has 0 radical (unpaired) electrons. The molecule has 0 aliphatic heterocycles. The second-order valence-corrected chi connectivity index (χ2v) is 7.25. The highest BCUT2D eigenvalue weighted by atomic mass is 19.2. The third-order valence-electron chi connectivity index (χ3n) is 4.44. The lowest BCUT2D eigenvalue weighted by atomic mass is 10.1. The van der Waals surface area contributed by atoms with Gasteiger partial charge in [0.25, 0.3) is 0 Å². The zero-order valence-electron chi connectivity index (χ0n) is 16.9. The van der Waals surface area contributed by atoms with E-state index >= 15 is 0 Å². The Kier molecular flexibility index (Phi) is 8.55. The second kappa shape index (κ2) is 10.9. The van der Waals surface area contributed by atoms with Crippen LogP contribution in [0.3, 0.4) is 0 Å². The maximum atomic E-state index is 13.7. The van der Waals surface area contributed by atoms with Gasteiger partial charge in [-0.2, -0.15) is 0 Å². The fourth-order valence-corrected chi connectivity index (χ4v) is 2.64. The SMILES string of the molecule is CCC[C@H](F)[C@@H](F)COc1ccc(-c2ccc(OC(=O)[C@@H](F)C(C)C)cc2)cc1. The van der Waals surface area contributed by atoms with Gasteiger partial charge in [-0.1, -0.05) is 51.5 Å². The van der Waals surface area contributed by atoms with Crippen LogP contribution in [-0.4, -0.2) is 31.1 Å². The third-order valence-corrected chi connectivity index (χ3v) is 4.44. The number of ether oxygens (including phenoxy) is 2. The molecule has 2 aromatic carbocycles. The summed E-state index contributed by atoms with van der Waals surface area (Å²) in [5.74, 6) is -0.635. The number of hydrogen-bond donors (Lipinski definition) is 0. The molecule has 2 aromatic rings. The van der Waals surface area contributed by atoms with Crippen molar-refractivity contribution in [2.75, 3.05) is 6.61 Å². The second-order valence-electron chi connectivity index (χ2n) is 7.25. The van der Waals surface area contributed by atoms with Crippen molar-refractivity contribution in [2.45, 2.75) is 52.1 Å². The molecule has 0 aliphatic rings. The van der Waals surface area contributed by atoms with Crippen molar-refractivity contribution in [1.29, 1.82) is 0 Å². The van der Waals surface area contributed by atoms with E-state index in [0.717, 1.165) is 11.1 Å². The summed E-state index contributed by atoms with van der Waals surface area (Å²) in [7, 11) is 0. The van der Waals surface area contributed by atoms with Crippen LogP contribution in [0.4, 0.5) is 13.2 Å². The predicted octanol–water partition coefficient (Wildman–Crippen LogP) is 6.11. The number of esters is 1. The Balaban J connectivity index is 1.93. The molecule has 0 aromatic heterocycles. The Labute approximate surface area is 169 Å². The highest BCUT2D eigenvalue weighted by molar-refractivity contribution is 5.77. The highest BCUT2D eigenvalue weighted by Crippen LogP contribution is 2.25. The molecule has 0 saturated heterocycles. The van der Waals surface area contributed by atoms with Crippen LogP contribution < -0.4 is 9.47 Å². The van der Waals surface area contributed by atoms with Gasteiger partial charge < -0.3 is 9.47 Å². The van der Waals surface area contributed by atoms with Gasteiger partial charge in [0.15, 0.2) is 12.3 Å². The van der Waals surface area contributed by atoms with E-state index in [9.17, 15) is 18.0 Å². The molecule has 3 nitrogen and oxygen atoms in total. The third kappa shape index (κ3) is 6.80. The molecule has 0 fully saturated rings. The average molecular weight is 408 g/mol. The van der Waals surface area contributed by atoms with Crippen molar-refractivity contribution >= 4 is 5.97 Å². The fourth-order valence-electron chi connectivity index (χ4n) is 2.64. The van der Waals surface area contributed by atoms with Crippen molar-refractivity contribution in [3.05, 3.63) is 48.5 Å². The average Bonchev–Trinajstić information content (AvgIpc) is 2.72. The van der Waals surface area contributed by atoms with Crippen LogP contribution in [0.15, 0.2) is 48.5 Å². The Morgan fingerprint density at radius 3 is 1.86 bits per heavy atom. The van der Waals surface area contributed by atoms with Crippen molar-refractivity contribution in [2.24, 2.45) is 5.92 Å². The van der Waals surface area contributed by atoms with Gasteiger partial charge in [0.1, 0.15) is 24.3 Å². The van der Waals surface area contributed by atoms with E-state index in [1.54, 1.807) is 69.3 Å². The molecule has 29 heavy (non-hydrogen) atoms. The lowest BCUT2D eigenvalue weighted by Gasteiger charge is -2.14. The molecule has 0 unspecified atom stereocenters. The minimum Gasteiger partial charge on any atom is -0.490 e. The standard InChI is InChI=1S/C23H27F3O3/c1-4-5-20(24)21(25)14-28-18-10-6-16(7-11-18)17-8-12-19(13-9-17)29-23(27)22(26)15(2)3/h6-13,15,20-22H,4-5,14H2,1-3H3/t20-,21-,22-/m0/s1. The van der Waals surface area contributed by atoms with E-state index in [1.807, 2.05) is 0 Å². The van der Waals surface area contributed by atoms with Gasteiger partial charge in [-0.3, -0.25) is 0 Å². The Morgan fingerprint density at radius 1 is 0.862 bits per heavy atom. The fraction of sp³-hybridized carbons (Fsp3) is 0.435. The number of alkyl halides is 3. The van der Waals surface area contributed by atoms with Gasteiger partial charge in [-0.05, 0) is 47.7 Å². The quantitative estimate of drug-likeness (QED) is 0.352. The largest absolute Gasteiger partial charge is 0.490 e. The van der Waals surface area contributed by atoms with E-state index in [-0.39, 0.29) is 18.8 Å². The van der Waals surface area contributed by atoms with Gasteiger partial charge in [0, 0.05) is 0 Å². The summed E-state index contributed by atoms with van der Waals surface area (Å²) in [5.41, 5.74) is 1.72. The topological polar surface area (TPSA) is 35.5 Å². The van der Waals surface area contributed by atoms with Crippen LogP contribution in [-0.2, 0) is 4.79 Å². The van der Waals surface area contributed by atoms with E-state index in [4.69, 9.17) is 9.47 Å².